The van der Waals surface area contributed by atoms with E-state index in [1.54, 1.807) is 0 Å². The van der Waals surface area contributed by atoms with Gasteiger partial charge in [0.05, 0.1) is 0 Å². The number of rotatable bonds is 5. The van der Waals surface area contributed by atoms with Crippen molar-refractivity contribution in [3.05, 3.63) is 0 Å². The summed E-state index contributed by atoms with van der Waals surface area (Å²) in [4.78, 5) is 20.2. The van der Waals surface area contributed by atoms with Gasteiger partial charge in [0.1, 0.15) is 12.2 Å². The summed E-state index contributed by atoms with van der Waals surface area (Å²) in [6.07, 6.45) is -9.28. The summed E-state index contributed by atoms with van der Waals surface area (Å²) in [7, 11) is 0. The molecule has 14 heavy (non-hydrogen) atoms. The third-order valence-electron chi connectivity index (χ3n) is 1.50. The molecule has 0 fully saturated rings. The maximum Gasteiger partial charge on any atom is 0.335 e. The zero-order valence-corrected chi connectivity index (χ0v) is 6.81. The molecule has 6 N–H and O–H groups in total. The lowest BCUT2D eigenvalue weighted by Crippen LogP contribution is -2.49. The molecule has 8 heteroatoms. The van der Waals surface area contributed by atoms with E-state index in [-0.39, 0.29) is 0 Å². The molecule has 82 valence electrons. The largest absolute Gasteiger partial charge is 0.479 e. The first-order valence-electron chi connectivity index (χ1n) is 3.47. The van der Waals surface area contributed by atoms with E-state index in [1.807, 2.05) is 0 Å². The molecular formula is C6H10O8. The molecule has 0 heterocycles. The maximum absolute atomic E-state index is 10.1. The van der Waals surface area contributed by atoms with E-state index in [1.165, 1.54) is 0 Å². The van der Waals surface area contributed by atoms with Crippen molar-refractivity contribution in [2.45, 2.75) is 24.4 Å². The van der Waals surface area contributed by atoms with Crippen LogP contribution in [0.3, 0.4) is 0 Å². The van der Waals surface area contributed by atoms with Crippen LogP contribution in [0.25, 0.3) is 0 Å². The van der Waals surface area contributed by atoms with Crippen LogP contribution in [0.15, 0.2) is 0 Å². The van der Waals surface area contributed by atoms with Crippen molar-refractivity contribution in [1.82, 2.24) is 0 Å². The molecule has 0 radical (unpaired) electrons. The minimum absolute atomic E-state index is 1.84. The Morgan fingerprint density at radius 2 is 0.929 bits per heavy atom. The summed E-state index contributed by atoms with van der Waals surface area (Å²) < 4.78 is 0. The van der Waals surface area contributed by atoms with Gasteiger partial charge in [-0.3, -0.25) is 0 Å². The highest BCUT2D eigenvalue weighted by Crippen LogP contribution is 2.05. The van der Waals surface area contributed by atoms with E-state index < -0.39 is 36.4 Å². The number of carboxylic acids is 2. The molecule has 0 unspecified atom stereocenters. The highest BCUT2D eigenvalue weighted by molar-refractivity contribution is 5.75. The van der Waals surface area contributed by atoms with Crippen LogP contribution >= 0.6 is 0 Å². The van der Waals surface area contributed by atoms with E-state index in [9.17, 15) is 9.59 Å². The van der Waals surface area contributed by atoms with Gasteiger partial charge >= 0.3 is 11.9 Å². The van der Waals surface area contributed by atoms with Gasteiger partial charge < -0.3 is 30.6 Å². The fourth-order valence-electron chi connectivity index (χ4n) is 0.666. The van der Waals surface area contributed by atoms with Crippen LogP contribution in [0, 0.1) is 0 Å². The predicted octanol–water partition coefficient (Wildman–Crippen LogP) is -3.40. The lowest BCUT2D eigenvalue weighted by atomic mass is 10.1. The Kier molecular flexibility index (Phi) is 4.44. The minimum atomic E-state index is -2.36. The Bertz CT molecular complexity index is 202. The van der Waals surface area contributed by atoms with Gasteiger partial charge in [-0.2, -0.15) is 0 Å². The third-order valence-corrected chi connectivity index (χ3v) is 1.50. The van der Waals surface area contributed by atoms with Crippen LogP contribution in [0.1, 0.15) is 0 Å². The van der Waals surface area contributed by atoms with Crippen LogP contribution in [0.5, 0.6) is 0 Å². The van der Waals surface area contributed by atoms with Crippen LogP contribution in [-0.4, -0.2) is 67.0 Å². The molecule has 0 aromatic heterocycles. The molecule has 0 aromatic carbocycles. The molecular weight excluding hydrogens is 201 g/mol. The number of carbonyl (C=O) groups is 2. The number of hydrogen-bond donors (Lipinski definition) is 6. The third kappa shape index (κ3) is 2.92. The normalized spacial score (nSPS) is 19.4. The average molecular weight is 211 g/mol. The van der Waals surface area contributed by atoms with Gasteiger partial charge in [0.25, 0.3) is 0 Å². The molecule has 8 nitrogen and oxygen atoms in total. The molecule has 0 aromatic rings. The van der Waals surface area contributed by atoms with Gasteiger partial charge in [-0.1, -0.05) is 0 Å². The molecule has 0 aliphatic carbocycles. The molecule has 4 atom stereocenters. The minimum Gasteiger partial charge on any atom is -0.479 e. The Labute approximate surface area is 77.7 Å². The van der Waals surface area contributed by atoms with Crippen LogP contribution in [-0.2, 0) is 9.59 Å². The van der Waals surface area contributed by atoms with Crippen molar-refractivity contribution in [3.63, 3.8) is 0 Å². The standard InChI is InChI=1S/C6H10O8/c7-1(3(9)5(11)12)2(8)4(10)6(13)14/h1-4,7-10H,(H,11,12)(H,13,14)/t1-,2+,3+,4-/i3+1/m1/s1. The summed E-state index contributed by atoms with van der Waals surface area (Å²) in [5.74, 6) is -3.68. The lowest BCUT2D eigenvalue weighted by Gasteiger charge is -2.21. The van der Waals surface area contributed by atoms with Crippen molar-refractivity contribution >= 4 is 11.9 Å². The van der Waals surface area contributed by atoms with Gasteiger partial charge in [-0.05, 0) is 0 Å². The molecule has 0 amide bonds. The zero-order chi connectivity index (χ0) is 11.5. The monoisotopic (exact) mass is 211 g/mol. The van der Waals surface area contributed by atoms with Crippen molar-refractivity contribution < 1.29 is 40.2 Å². The summed E-state index contributed by atoms with van der Waals surface area (Å²) in [5, 5.41) is 51.5. The quantitative estimate of drug-likeness (QED) is 0.257. The second-order valence-corrected chi connectivity index (χ2v) is 2.55. The summed E-state index contributed by atoms with van der Waals surface area (Å²) in [6, 6.07) is 0. The summed E-state index contributed by atoms with van der Waals surface area (Å²) >= 11 is 0. The second kappa shape index (κ2) is 4.86. The summed E-state index contributed by atoms with van der Waals surface area (Å²) in [5.41, 5.74) is 0. The molecule has 0 bridgehead atoms. The van der Waals surface area contributed by atoms with E-state index in [2.05, 4.69) is 0 Å². The Balaban J connectivity index is 4.45. The van der Waals surface area contributed by atoms with Gasteiger partial charge in [0.15, 0.2) is 12.2 Å². The van der Waals surface area contributed by atoms with E-state index in [4.69, 9.17) is 30.6 Å². The fourth-order valence-corrected chi connectivity index (χ4v) is 0.666. The second-order valence-electron chi connectivity index (χ2n) is 2.55. The summed E-state index contributed by atoms with van der Waals surface area (Å²) in [6.45, 7) is 0. The van der Waals surface area contributed by atoms with Crippen LogP contribution < -0.4 is 0 Å². The highest BCUT2D eigenvalue weighted by Gasteiger charge is 2.37. The predicted molar refractivity (Wildman–Crippen MR) is 39.3 cm³/mol. The zero-order valence-electron chi connectivity index (χ0n) is 6.81. The number of hydrogen-bond acceptors (Lipinski definition) is 6. The first kappa shape index (κ1) is 12.8. The van der Waals surface area contributed by atoms with Crippen molar-refractivity contribution in [2.24, 2.45) is 0 Å². The molecule has 0 saturated heterocycles. The van der Waals surface area contributed by atoms with Gasteiger partial charge in [0.2, 0.25) is 0 Å². The Morgan fingerprint density at radius 3 is 1.07 bits per heavy atom. The smallest absolute Gasteiger partial charge is 0.335 e. The van der Waals surface area contributed by atoms with Crippen molar-refractivity contribution in [1.29, 1.82) is 0 Å². The SMILES string of the molecule is O=C(O)[C@H](O)[C@@H](O)[C@@H](O)[13C@H](O)C(=O)O. The number of carboxylic acid groups (broad SMARTS) is 2. The number of aliphatic hydroxyl groups is 4. The molecule has 0 saturated carbocycles. The average Bonchev–Trinajstić information content (AvgIpc) is 2.12. The van der Waals surface area contributed by atoms with E-state index in [0.29, 0.717) is 0 Å². The molecule has 0 aliphatic heterocycles. The van der Waals surface area contributed by atoms with Crippen LogP contribution in [0.2, 0.25) is 0 Å². The van der Waals surface area contributed by atoms with Gasteiger partial charge in [0, 0.05) is 0 Å². The Morgan fingerprint density at radius 1 is 0.714 bits per heavy atom. The van der Waals surface area contributed by atoms with Crippen molar-refractivity contribution in [3.8, 4) is 0 Å². The van der Waals surface area contributed by atoms with E-state index >= 15 is 0 Å². The molecule has 0 spiro atoms. The molecule has 0 aliphatic rings. The highest BCUT2D eigenvalue weighted by atomic mass is 16.5. The fraction of sp³-hybridized carbons (Fsp3) is 0.667. The molecule has 0 rings (SSSR count). The Hall–Kier alpha value is -1.22. The van der Waals surface area contributed by atoms with Gasteiger partial charge in [-0.15, -0.1) is 0 Å². The topological polar surface area (TPSA) is 156 Å². The number of aliphatic hydroxyl groups excluding tert-OH is 4. The van der Waals surface area contributed by atoms with E-state index in [0.717, 1.165) is 0 Å². The maximum atomic E-state index is 10.1. The van der Waals surface area contributed by atoms with Gasteiger partial charge in [-0.25, -0.2) is 9.59 Å². The number of aliphatic carboxylic acids is 2. The first-order chi connectivity index (χ1) is 6.29. The van der Waals surface area contributed by atoms with Crippen LogP contribution in [0.4, 0.5) is 0 Å². The van der Waals surface area contributed by atoms with Crippen molar-refractivity contribution in [2.75, 3.05) is 0 Å². The lowest BCUT2D eigenvalue weighted by molar-refractivity contribution is -0.172. The first-order valence-corrected chi connectivity index (χ1v) is 3.47.